The zero-order valence-corrected chi connectivity index (χ0v) is 9.99. The Bertz CT molecular complexity index is 267. The summed E-state index contributed by atoms with van der Waals surface area (Å²) in [6, 6.07) is -0.0955. The average Bonchev–Trinajstić information content (AvgIpc) is 2.58. The van der Waals surface area contributed by atoms with Crippen LogP contribution in [-0.4, -0.2) is 30.8 Å². The van der Waals surface area contributed by atoms with E-state index in [1.54, 1.807) is 6.92 Å². The van der Waals surface area contributed by atoms with Crippen LogP contribution in [0.4, 0.5) is 4.79 Å². The van der Waals surface area contributed by atoms with Gasteiger partial charge in [0, 0.05) is 0 Å². The molecule has 1 fully saturated rings. The molecule has 1 saturated heterocycles. The van der Waals surface area contributed by atoms with Crippen molar-refractivity contribution in [1.29, 1.82) is 0 Å². The molecular weight excluding hydrogens is 210 g/mol. The average molecular weight is 229 g/mol. The van der Waals surface area contributed by atoms with Crippen molar-refractivity contribution in [1.82, 2.24) is 5.32 Å². The molecule has 3 atom stereocenters. The van der Waals surface area contributed by atoms with Crippen LogP contribution in [0.2, 0.25) is 0 Å². The number of hydrogen-bond acceptors (Lipinski definition) is 4. The number of esters is 1. The number of amides is 1. The van der Waals surface area contributed by atoms with Crippen LogP contribution in [0, 0.1) is 5.92 Å². The van der Waals surface area contributed by atoms with Crippen molar-refractivity contribution in [3.8, 4) is 0 Å². The van der Waals surface area contributed by atoms with Crippen LogP contribution in [0.3, 0.4) is 0 Å². The van der Waals surface area contributed by atoms with E-state index in [0.717, 1.165) is 6.42 Å². The molecule has 0 spiro atoms. The number of ether oxygens (including phenoxy) is 2. The Balaban J connectivity index is 2.55. The largest absolute Gasteiger partial charge is 0.466 e. The first kappa shape index (κ1) is 12.8. The number of carbonyl (C=O) groups excluding carboxylic acids is 2. The highest BCUT2D eigenvalue weighted by molar-refractivity contribution is 5.74. The highest BCUT2D eigenvalue weighted by Crippen LogP contribution is 2.21. The minimum atomic E-state index is -0.445. The molecule has 1 rings (SSSR count). The van der Waals surface area contributed by atoms with E-state index in [2.05, 4.69) is 5.32 Å². The third kappa shape index (κ3) is 3.12. The number of cyclic esters (lactones) is 1. The second-order valence-corrected chi connectivity index (χ2v) is 4.01. The first-order valence-corrected chi connectivity index (χ1v) is 5.71. The summed E-state index contributed by atoms with van der Waals surface area (Å²) >= 11 is 0. The standard InChI is InChI=1S/C11H19NO4/c1-4-7(3)10-8(16-11(14)12-10)6-9(13)15-5-2/h7-8,10H,4-6H2,1-3H3,(H,12,14)/t7?,8-,10+/m0/s1. The summed E-state index contributed by atoms with van der Waals surface area (Å²) in [4.78, 5) is 22.5. The third-order valence-electron chi connectivity index (χ3n) is 2.87. The van der Waals surface area contributed by atoms with Gasteiger partial charge in [0.15, 0.2) is 0 Å². The second kappa shape index (κ2) is 5.72. The lowest BCUT2D eigenvalue weighted by atomic mass is 9.93. The molecule has 0 saturated carbocycles. The fourth-order valence-corrected chi connectivity index (χ4v) is 1.79. The van der Waals surface area contributed by atoms with Gasteiger partial charge in [-0.25, -0.2) is 4.79 Å². The normalized spacial score (nSPS) is 25.8. The molecule has 1 heterocycles. The summed E-state index contributed by atoms with van der Waals surface area (Å²) in [6.07, 6.45) is 0.205. The lowest BCUT2D eigenvalue weighted by Crippen LogP contribution is -2.38. The summed E-state index contributed by atoms with van der Waals surface area (Å²) in [5.74, 6) is -0.0387. The van der Waals surface area contributed by atoms with Gasteiger partial charge in [0.1, 0.15) is 6.10 Å². The lowest BCUT2D eigenvalue weighted by molar-refractivity contribution is -0.145. The predicted molar refractivity (Wildman–Crippen MR) is 57.9 cm³/mol. The highest BCUT2D eigenvalue weighted by atomic mass is 16.6. The first-order chi connectivity index (χ1) is 7.58. The summed E-state index contributed by atoms with van der Waals surface area (Å²) in [6.45, 7) is 6.16. The zero-order chi connectivity index (χ0) is 12.1. The van der Waals surface area contributed by atoms with Gasteiger partial charge in [-0.1, -0.05) is 20.3 Å². The van der Waals surface area contributed by atoms with E-state index >= 15 is 0 Å². The Morgan fingerprint density at radius 3 is 2.81 bits per heavy atom. The summed E-state index contributed by atoms with van der Waals surface area (Å²) in [5, 5.41) is 2.73. The van der Waals surface area contributed by atoms with Crippen molar-refractivity contribution >= 4 is 12.1 Å². The quantitative estimate of drug-likeness (QED) is 0.725. The molecule has 0 aliphatic carbocycles. The molecule has 1 aliphatic rings. The van der Waals surface area contributed by atoms with E-state index in [4.69, 9.17) is 9.47 Å². The van der Waals surface area contributed by atoms with Crippen LogP contribution >= 0.6 is 0 Å². The molecule has 1 aliphatic heterocycles. The summed E-state index contributed by atoms with van der Waals surface area (Å²) in [7, 11) is 0. The molecule has 5 nitrogen and oxygen atoms in total. The SMILES string of the molecule is CCOC(=O)C[C@@H]1OC(=O)N[C@@H]1C(C)CC. The van der Waals surface area contributed by atoms with E-state index in [9.17, 15) is 9.59 Å². The van der Waals surface area contributed by atoms with Gasteiger partial charge in [0.25, 0.3) is 0 Å². The van der Waals surface area contributed by atoms with Crippen LogP contribution in [0.1, 0.15) is 33.6 Å². The molecule has 1 amide bonds. The van der Waals surface area contributed by atoms with Gasteiger partial charge >= 0.3 is 12.1 Å². The van der Waals surface area contributed by atoms with E-state index in [1.807, 2.05) is 13.8 Å². The fourth-order valence-electron chi connectivity index (χ4n) is 1.79. The van der Waals surface area contributed by atoms with Crippen LogP contribution in [0.15, 0.2) is 0 Å². The van der Waals surface area contributed by atoms with E-state index in [-0.39, 0.29) is 24.3 Å². The van der Waals surface area contributed by atoms with Crippen molar-refractivity contribution < 1.29 is 19.1 Å². The van der Waals surface area contributed by atoms with Crippen LogP contribution < -0.4 is 5.32 Å². The third-order valence-corrected chi connectivity index (χ3v) is 2.87. The fraction of sp³-hybridized carbons (Fsp3) is 0.818. The van der Waals surface area contributed by atoms with Crippen molar-refractivity contribution in [2.45, 2.75) is 45.8 Å². The smallest absolute Gasteiger partial charge is 0.407 e. The van der Waals surface area contributed by atoms with Gasteiger partial charge in [-0.2, -0.15) is 0 Å². The maximum atomic E-state index is 11.3. The maximum Gasteiger partial charge on any atom is 0.407 e. The number of nitrogens with one attached hydrogen (secondary N) is 1. The van der Waals surface area contributed by atoms with E-state index < -0.39 is 12.2 Å². The summed E-state index contributed by atoms with van der Waals surface area (Å²) in [5.41, 5.74) is 0. The maximum absolute atomic E-state index is 11.3. The van der Waals surface area contributed by atoms with E-state index in [1.165, 1.54) is 0 Å². The summed E-state index contributed by atoms with van der Waals surface area (Å²) < 4.78 is 9.91. The Labute approximate surface area is 95.5 Å². The topological polar surface area (TPSA) is 64.6 Å². The molecule has 5 heteroatoms. The predicted octanol–water partition coefficient (Wildman–Crippen LogP) is 1.46. The molecule has 0 radical (unpaired) electrons. The van der Waals surface area contributed by atoms with Gasteiger partial charge in [0.05, 0.1) is 19.1 Å². The number of carbonyl (C=O) groups is 2. The molecule has 0 bridgehead atoms. The van der Waals surface area contributed by atoms with Gasteiger partial charge in [-0.15, -0.1) is 0 Å². The molecule has 0 aromatic heterocycles. The van der Waals surface area contributed by atoms with Gasteiger partial charge in [0.2, 0.25) is 0 Å². The molecule has 0 aromatic rings. The van der Waals surface area contributed by atoms with Crippen LogP contribution in [0.5, 0.6) is 0 Å². The Hall–Kier alpha value is -1.26. The molecule has 92 valence electrons. The van der Waals surface area contributed by atoms with Gasteiger partial charge in [-0.3, -0.25) is 4.79 Å². The molecule has 16 heavy (non-hydrogen) atoms. The van der Waals surface area contributed by atoms with E-state index in [0.29, 0.717) is 6.61 Å². The van der Waals surface area contributed by atoms with Crippen molar-refractivity contribution in [3.05, 3.63) is 0 Å². The second-order valence-electron chi connectivity index (χ2n) is 4.01. The minimum absolute atomic E-state index is 0.0955. The van der Waals surface area contributed by atoms with Gasteiger partial charge < -0.3 is 14.8 Å². The first-order valence-electron chi connectivity index (χ1n) is 5.71. The number of hydrogen-bond donors (Lipinski definition) is 1. The minimum Gasteiger partial charge on any atom is -0.466 e. The van der Waals surface area contributed by atoms with Crippen LogP contribution in [-0.2, 0) is 14.3 Å². The number of rotatable bonds is 5. The lowest BCUT2D eigenvalue weighted by Gasteiger charge is -2.21. The Morgan fingerprint density at radius 2 is 2.25 bits per heavy atom. The van der Waals surface area contributed by atoms with Crippen LogP contribution in [0.25, 0.3) is 0 Å². The molecule has 1 unspecified atom stereocenters. The Morgan fingerprint density at radius 1 is 1.56 bits per heavy atom. The molecule has 0 aromatic carbocycles. The van der Waals surface area contributed by atoms with Crippen molar-refractivity contribution in [2.75, 3.05) is 6.61 Å². The number of alkyl carbamates (subject to hydrolysis) is 1. The Kier molecular flexibility index (Phi) is 4.58. The zero-order valence-electron chi connectivity index (χ0n) is 9.99. The van der Waals surface area contributed by atoms with Gasteiger partial charge in [-0.05, 0) is 12.8 Å². The van der Waals surface area contributed by atoms with Crippen molar-refractivity contribution in [3.63, 3.8) is 0 Å². The highest BCUT2D eigenvalue weighted by Gasteiger charge is 2.38. The monoisotopic (exact) mass is 229 g/mol. The molecular formula is C11H19NO4. The molecule has 1 N–H and O–H groups in total. The van der Waals surface area contributed by atoms with Crippen molar-refractivity contribution in [2.24, 2.45) is 5.92 Å².